The van der Waals surface area contributed by atoms with Gasteiger partial charge in [-0.3, -0.25) is 4.79 Å². The highest BCUT2D eigenvalue weighted by atomic mass is 16.5. The van der Waals surface area contributed by atoms with E-state index in [1.165, 1.54) is 26.4 Å². The molecule has 0 radical (unpaired) electrons. The minimum absolute atomic E-state index is 0.0182. The van der Waals surface area contributed by atoms with Gasteiger partial charge in [-0.2, -0.15) is 0 Å². The van der Waals surface area contributed by atoms with Crippen molar-refractivity contribution in [1.82, 2.24) is 9.97 Å². The summed E-state index contributed by atoms with van der Waals surface area (Å²) < 4.78 is 4.86. The van der Waals surface area contributed by atoms with Crippen molar-refractivity contribution < 1.29 is 9.53 Å². The van der Waals surface area contributed by atoms with E-state index >= 15 is 0 Å². The third-order valence-electron chi connectivity index (χ3n) is 5.54. The molecule has 0 bridgehead atoms. The number of rotatable bonds is 4. The second-order valence-corrected chi connectivity index (χ2v) is 6.97. The highest BCUT2D eigenvalue weighted by Gasteiger charge is 2.29. The van der Waals surface area contributed by atoms with Crippen LogP contribution in [0.25, 0.3) is 0 Å². The molecule has 3 rings (SSSR count). The Labute approximate surface area is 149 Å². The maximum absolute atomic E-state index is 11.7. The number of nitrogen functional groups attached to an aromatic ring is 1. The van der Waals surface area contributed by atoms with Crippen molar-refractivity contribution >= 4 is 23.3 Å². The predicted octanol–water partition coefficient (Wildman–Crippen LogP) is 2.22. The molecule has 2 saturated heterocycles. The fraction of sp³-hybridized carbons (Fsp3) is 0.722. The normalized spacial score (nSPS) is 22.1. The number of aromatic nitrogens is 2. The number of anilines is 3. The molecule has 7 nitrogen and oxygen atoms in total. The second kappa shape index (κ2) is 7.89. The van der Waals surface area contributed by atoms with Crippen LogP contribution in [0.1, 0.15) is 45.4 Å². The molecular weight excluding hydrogens is 318 g/mol. The van der Waals surface area contributed by atoms with Crippen molar-refractivity contribution in [2.75, 3.05) is 42.3 Å². The summed E-state index contributed by atoms with van der Waals surface area (Å²) in [5.41, 5.74) is 7.15. The largest absolute Gasteiger partial charge is 0.469 e. The Morgan fingerprint density at radius 3 is 2.60 bits per heavy atom. The van der Waals surface area contributed by atoms with Crippen LogP contribution >= 0.6 is 0 Å². The van der Waals surface area contributed by atoms with E-state index in [4.69, 9.17) is 10.5 Å². The lowest BCUT2D eigenvalue weighted by Gasteiger charge is -2.38. The van der Waals surface area contributed by atoms with Gasteiger partial charge < -0.3 is 20.3 Å². The number of nitrogens with zero attached hydrogens (tertiary/aromatic N) is 4. The molecule has 2 fully saturated rings. The molecular formula is C18H29N5O2. The average Bonchev–Trinajstić information content (AvgIpc) is 2.67. The monoisotopic (exact) mass is 347 g/mol. The number of esters is 1. The van der Waals surface area contributed by atoms with Crippen LogP contribution in [0.5, 0.6) is 0 Å². The molecule has 0 amide bonds. The van der Waals surface area contributed by atoms with Crippen LogP contribution in [0, 0.1) is 5.92 Å². The first-order chi connectivity index (χ1) is 12.2. The van der Waals surface area contributed by atoms with E-state index in [-0.39, 0.29) is 11.9 Å². The smallest absolute Gasteiger partial charge is 0.308 e. The van der Waals surface area contributed by atoms with Gasteiger partial charge in [0, 0.05) is 25.7 Å². The number of nitrogens with two attached hydrogens (primary N) is 1. The Hall–Kier alpha value is -2.05. The summed E-state index contributed by atoms with van der Waals surface area (Å²) >= 11 is 0. The topological polar surface area (TPSA) is 84.6 Å². The lowest BCUT2D eigenvalue weighted by atomic mass is 9.97. The first kappa shape index (κ1) is 17.8. The number of piperidine rings is 2. The number of carbonyl (C=O) groups is 1. The molecule has 0 spiro atoms. The molecule has 0 aliphatic carbocycles. The zero-order valence-electron chi connectivity index (χ0n) is 15.3. The van der Waals surface area contributed by atoms with Gasteiger partial charge in [0.1, 0.15) is 12.0 Å². The van der Waals surface area contributed by atoms with Gasteiger partial charge in [-0.15, -0.1) is 0 Å². The van der Waals surface area contributed by atoms with E-state index in [1.54, 1.807) is 6.33 Å². The van der Waals surface area contributed by atoms with E-state index in [0.29, 0.717) is 11.7 Å². The maximum Gasteiger partial charge on any atom is 0.308 e. The minimum atomic E-state index is -0.116. The molecule has 2 aliphatic rings. The summed E-state index contributed by atoms with van der Waals surface area (Å²) in [6, 6.07) is 0.504. The Morgan fingerprint density at radius 1 is 1.20 bits per heavy atom. The zero-order chi connectivity index (χ0) is 17.8. The standard InChI is InChI=1S/C18H29N5O2/c1-3-14-6-4-5-9-23(14)17-15(19)16(20-12-21-17)22-10-7-13(8-11-22)18(24)25-2/h12-14H,3-11,19H2,1-2H3. The molecule has 1 aromatic rings. The number of carbonyl (C=O) groups excluding carboxylic acids is 1. The van der Waals surface area contributed by atoms with Crippen LogP contribution in [-0.2, 0) is 9.53 Å². The Kier molecular flexibility index (Phi) is 5.60. The molecule has 3 heterocycles. The first-order valence-electron chi connectivity index (χ1n) is 9.35. The fourth-order valence-corrected chi connectivity index (χ4v) is 4.06. The van der Waals surface area contributed by atoms with E-state index in [0.717, 1.165) is 50.5 Å². The van der Waals surface area contributed by atoms with Crippen LogP contribution in [0.4, 0.5) is 17.3 Å². The highest BCUT2D eigenvalue weighted by molar-refractivity contribution is 5.77. The fourth-order valence-electron chi connectivity index (χ4n) is 4.06. The molecule has 1 aromatic heterocycles. The number of hydrogen-bond donors (Lipinski definition) is 1. The lowest BCUT2D eigenvalue weighted by molar-refractivity contribution is -0.146. The van der Waals surface area contributed by atoms with Gasteiger partial charge in [0.2, 0.25) is 0 Å². The molecule has 2 N–H and O–H groups in total. The number of hydrogen-bond acceptors (Lipinski definition) is 7. The van der Waals surface area contributed by atoms with Crippen LogP contribution in [0.2, 0.25) is 0 Å². The third-order valence-corrected chi connectivity index (χ3v) is 5.54. The number of methoxy groups -OCH3 is 1. The van der Waals surface area contributed by atoms with Crippen molar-refractivity contribution in [2.24, 2.45) is 5.92 Å². The quantitative estimate of drug-likeness (QED) is 0.836. The molecule has 7 heteroatoms. The zero-order valence-corrected chi connectivity index (χ0v) is 15.3. The second-order valence-electron chi connectivity index (χ2n) is 6.97. The summed E-state index contributed by atoms with van der Waals surface area (Å²) in [4.78, 5) is 25.2. The average molecular weight is 347 g/mol. The molecule has 2 aliphatic heterocycles. The minimum Gasteiger partial charge on any atom is -0.469 e. The number of ether oxygens (including phenoxy) is 1. The Morgan fingerprint density at radius 2 is 1.92 bits per heavy atom. The summed E-state index contributed by atoms with van der Waals surface area (Å²) in [5.74, 6) is 1.53. The van der Waals surface area contributed by atoms with Gasteiger partial charge in [0.05, 0.1) is 13.0 Å². The van der Waals surface area contributed by atoms with Gasteiger partial charge in [-0.05, 0) is 38.5 Å². The van der Waals surface area contributed by atoms with Crippen molar-refractivity contribution in [3.8, 4) is 0 Å². The van der Waals surface area contributed by atoms with Crippen molar-refractivity contribution in [3.63, 3.8) is 0 Å². The van der Waals surface area contributed by atoms with Gasteiger partial charge in [0.15, 0.2) is 11.6 Å². The van der Waals surface area contributed by atoms with Gasteiger partial charge >= 0.3 is 5.97 Å². The SMILES string of the molecule is CCC1CCCCN1c1ncnc(N2CCC(C(=O)OC)CC2)c1N. The highest BCUT2D eigenvalue weighted by Crippen LogP contribution is 2.35. The third kappa shape index (κ3) is 3.65. The van der Waals surface area contributed by atoms with E-state index < -0.39 is 0 Å². The molecule has 0 saturated carbocycles. The summed E-state index contributed by atoms with van der Waals surface area (Å²) in [6.07, 6.45) is 7.91. The van der Waals surface area contributed by atoms with Crippen LogP contribution in [0.3, 0.4) is 0 Å². The molecule has 0 aromatic carbocycles. The lowest BCUT2D eigenvalue weighted by Crippen LogP contribution is -2.41. The van der Waals surface area contributed by atoms with Gasteiger partial charge in [-0.25, -0.2) is 9.97 Å². The molecule has 25 heavy (non-hydrogen) atoms. The molecule has 1 atom stereocenters. The van der Waals surface area contributed by atoms with Crippen molar-refractivity contribution in [3.05, 3.63) is 6.33 Å². The van der Waals surface area contributed by atoms with Crippen LogP contribution in [0.15, 0.2) is 6.33 Å². The van der Waals surface area contributed by atoms with Crippen LogP contribution < -0.4 is 15.5 Å². The Bertz CT molecular complexity index is 601. The van der Waals surface area contributed by atoms with E-state index in [1.807, 2.05) is 0 Å². The van der Waals surface area contributed by atoms with E-state index in [9.17, 15) is 4.79 Å². The predicted molar refractivity (Wildman–Crippen MR) is 98.7 cm³/mol. The van der Waals surface area contributed by atoms with Crippen molar-refractivity contribution in [1.29, 1.82) is 0 Å². The summed E-state index contributed by atoms with van der Waals surface area (Å²) in [6.45, 7) is 4.75. The maximum atomic E-state index is 11.7. The first-order valence-corrected chi connectivity index (χ1v) is 9.35. The summed E-state index contributed by atoms with van der Waals surface area (Å²) in [7, 11) is 1.45. The van der Waals surface area contributed by atoms with Crippen LogP contribution in [-0.4, -0.2) is 48.7 Å². The Balaban J connectivity index is 1.76. The van der Waals surface area contributed by atoms with Gasteiger partial charge in [-0.1, -0.05) is 6.92 Å². The molecule has 138 valence electrons. The van der Waals surface area contributed by atoms with Crippen molar-refractivity contribution in [2.45, 2.75) is 51.5 Å². The van der Waals surface area contributed by atoms with E-state index in [2.05, 4.69) is 26.7 Å². The van der Waals surface area contributed by atoms with Gasteiger partial charge in [0.25, 0.3) is 0 Å². The molecule has 1 unspecified atom stereocenters. The summed E-state index contributed by atoms with van der Waals surface area (Å²) in [5, 5.41) is 0.